The third kappa shape index (κ3) is 7.60. The number of rotatable bonds is 11. The van der Waals surface area contributed by atoms with Crippen molar-refractivity contribution >= 4 is 10.0 Å². The minimum atomic E-state index is -3.11. The van der Waals surface area contributed by atoms with Gasteiger partial charge in [-0.1, -0.05) is 27.7 Å². The largest absolute Gasteiger partial charge is 0.313 e. The van der Waals surface area contributed by atoms with Crippen LogP contribution in [0.15, 0.2) is 0 Å². The highest BCUT2D eigenvalue weighted by Crippen LogP contribution is 2.18. The van der Waals surface area contributed by atoms with Gasteiger partial charge in [0.15, 0.2) is 0 Å². The SMILES string of the molecule is CC(C)CCN(CCC(C)C)S(=O)(=O)CCNC1CC1. The first-order valence-corrected chi connectivity index (χ1v) is 9.63. The Bertz CT molecular complexity index is 350. The maximum absolute atomic E-state index is 12.4. The van der Waals surface area contributed by atoms with Gasteiger partial charge in [-0.2, -0.15) is 0 Å². The second-order valence-corrected chi connectivity index (χ2v) is 8.90. The Morgan fingerprint density at radius 2 is 1.55 bits per heavy atom. The van der Waals surface area contributed by atoms with Gasteiger partial charge in [0, 0.05) is 25.7 Å². The van der Waals surface area contributed by atoms with Crippen LogP contribution in [-0.4, -0.2) is 44.2 Å². The van der Waals surface area contributed by atoms with Crippen LogP contribution in [0.4, 0.5) is 0 Å². The van der Waals surface area contributed by atoms with Crippen LogP contribution in [0.1, 0.15) is 53.4 Å². The molecule has 0 unspecified atom stereocenters. The van der Waals surface area contributed by atoms with Crippen molar-refractivity contribution in [3.63, 3.8) is 0 Å². The highest BCUT2D eigenvalue weighted by molar-refractivity contribution is 7.89. The van der Waals surface area contributed by atoms with Crippen molar-refractivity contribution in [1.29, 1.82) is 0 Å². The van der Waals surface area contributed by atoms with Crippen LogP contribution in [-0.2, 0) is 10.0 Å². The molecule has 0 aromatic heterocycles. The molecule has 0 atom stereocenters. The van der Waals surface area contributed by atoms with Gasteiger partial charge in [-0.05, 0) is 37.5 Å². The average molecular weight is 305 g/mol. The number of hydrogen-bond donors (Lipinski definition) is 1. The van der Waals surface area contributed by atoms with E-state index < -0.39 is 10.0 Å². The first-order valence-electron chi connectivity index (χ1n) is 8.02. The topological polar surface area (TPSA) is 49.4 Å². The minimum absolute atomic E-state index is 0.236. The Morgan fingerprint density at radius 3 is 1.95 bits per heavy atom. The molecular weight excluding hydrogens is 272 g/mol. The summed E-state index contributed by atoms with van der Waals surface area (Å²) in [5.74, 6) is 1.31. The van der Waals surface area contributed by atoms with Crippen LogP contribution in [0.3, 0.4) is 0 Å². The van der Waals surface area contributed by atoms with Crippen molar-refractivity contribution in [2.45, 2.75) is 59.4 Å². The molecule has 120 valence electrons. The molecule has 0 radical (unpaired) electrons. The van der Waals surface area contributed by atoms with Gasteiger partial charge in [-0.15, -0.1) is 0 Å². The predicted octanol–water partition coefficient (Wildman–Crippen LogP) is 2.46. The van der Waals surface area contributed by atoms with Crippen LogP contribution < -0.4 is 5.32 Å². The number of nitrogens with one attached hydrogen (secondary N) is 1. The molecule has 0 aromatic rings. The zero-order valence-electron chi connectivity index (χ0n) is 13.6. The van der Waals surface area contributed by atoms with Crippen molar-refractivity contribution in [1.82, 2.24) is 9.62 Å². The van der Waals surface area contributed by atoms with Gasteiger partial charge in [0.25, 0.3) is 0 Å². The van der Waals surface area contributed by atoms with Crippen LogP contribution in [0.2, 0.25) is 0 Å². The zero-order chi connectivity index (χ0) is 15.2. The maximum Gasteiger partial charge on any atom is 0.215 e. The van der Waals surface area contributed by atoms with E-state index in [0.717, 1.165) is 12.8 Å². The van der Waals surface area contributed by atoms with Crippen molar-refractivity contribution in [2.24, 2.45) is 11.8 Å². The lowest BCUT2D eigenvalue weighted by Crippen LogP contribution is -2.38. The van der Waals surface area contributed by atoms with E-state index in [9.17, 15) is 8.42 Å². The van der Waals surface area contributed by atoms with Crippen molar-refractivity contribution < 1.29 is 8.42 Å². The molecule has 0 heterocycles. The average Bonchev–Trinajstić information content (AvgIpc) is 3.11. The summed E-state index contributed by atoms with van der Waals surface area (Å²) in [5, 5.41) is 3.29. The van der Waals surface area contributed by atoms with Gasteiger partial charge in [0.05, 0.1) is 5.75 Å². The number of hydrogen-bond acceptors (Lipinski definition) is 3. The van der Waals surface area contributed by atoms with Gasteiger partial charge in [0.1, 0.15) is 0 Å². The molecule has 5 heteroatoms. The summed E-state index contributed by atoms with van der Waals surface area (Å²) >= 11 is 0. The van der Waals surface area contributed by atoms with Crippen molar-refractivity contribution in [3.05, 3.63) is 0 Å². The van der Waals surface area contributed by atoms with E-state index in [4.69, 9.17) is 0 Å². The smallest absolute Gasteiger partial charge is 0.215 e. The van der Waals surface area contributed by atoms with Crippen LogP contribution >= 0.6 is 0 Å². The molecule has 1 rings (SSSR count). The summed E-state index contributed by atoms with van der Waals surface area (Å²) < 4.78 is 26.6. The molecule has 0 amide bonds. The molecule has 1 fully saturated rings. The highest BCUT2D eigenvalue weighted by atomic mass is 32.2. The summed E-state index contributed by atoms with van der Waals surface area (Å²) in [6.07, 6.45) is 4.27. The molecular formula is C15H32N2O2S. The molecule has 0 saturated heterocycles. The van der Waals surface area contributed by atoms with E-state index in [1.807, 2.05) is 0 Å². The third-order valence-corrected chi connectivity index (χ3v) is 5.55. The maximum atomic E-state index is 12.4. The number of sulfonamides is 1. The summed E-state index contributed by atoms with van der Waals surface area (Å²) in [7, 11) is -3.11. The van der Waals surface area contributed by atoms with Crippen LogP contribution in [0, 0.1) is 11.8 Å². The van der Waals surface area contributed by atoms with Crippen molar-refractivity contribution in [3.8, 4) is 0 Å². The second-order valence-electron chi connectivity index (χ2n) is 6.81. The Kier molecular flexibility index (Phi) is 7.48. The van der Waals surface area contributed by atoms with Gasteiger partial charge < -0.3 is 5.32 Å². The van der Waals surface area contributed by atoms with E-state index in [-0.39, 0.29) is 5.75 Å². The first kappa shape index (κ1) is 17.9. The van der Waals surface area contributed by atoms with E-state index >= 15 is 0 Å². The Labute approximate surface area is 125 Å². The van der Waals surface area contributed by atoms with E-state index in [2.05, 4.69) is 33.0 Å². The monoisotopic (exact) mass is 304 g/mol. The highest BCUT2D eigenvalue weighted by Gasteiger charge is 2.24. The second kappa shape index (κ2) is 8.35. The molecule has 1 aliphatic rings. The van der Waals surface area contributed by atoms with Gasteiger partial charge in [0.2, 0.25) is 10.0 Å². The summed E-state index contributed by atoms with van der Waals surface area (Å²) in [5.41, 5.74) is 0. The molecule has 4 nitrogen and oxygen atoms in total. The van der Waals surface area contributed by atoms with E-state index in [1.165, 1.54) is 12.8 Å². The lowest BCUT2D eigenvalue weighted by atomic mass is 10.1. The van der Waals surface area contributed by atoms with Crippen LogP contribution in [0.5, 0.6) is 0 Å². The van der Waals surface area contributed by atoms with Gasteiger partial charge >= 0.3 is 0 Å². The normalized spacial score (nSPS) is 16.6. The standard InChI is InChI=1S/C15H32N2O2S/c1-13(2)7-10-17(11-8-14(3)4)20(18,19)12-9-16-15-5-6-15/h13-16H,5-12H2,1-4H3. The van der Waals surface area contributed by atoms with Crippen LogP contribution in [0.25, 0.3) is 0 Å². The quantitative estimate of drug-likeness (QED) is 0.638. The van der Waals surface area contributed by atoms with Crippen molar-refractivity contribution in [2.75, 3.05) is 25.4 Å². The molecule has 0 spiro atoms. The molecule has 1 saturated carbocycles. The Hall–Kier alpha value is -0.130. The Morgan fingerprint density at radius 1 is 1.05 bits per heavy atom. The molecule has 1 aliphatic carbocycles. The van der Waals surface area contributed by atoms with Gasteiger partial charge in [-0.25, -0.2) is 12.7 Å². The number of nitrogens with zero attached hydrogens (tertiary/aromatic N) is 1. The summed E-state index contributed by atoms with van der Waals surface area (Å²) in [4.78, 5) is 0. The van der Waals surface area contributed by atoms with Gasteiger partial charge in [-0.3, -0.25) is 0 Å². The minimum Gasteiger partial charge on any atom is -0.313 e. The molecule has 1 N–H and O–H groups in total. The first-order chi connectivity index (χ1) is 9.31. The fraction of sp³-hybridized carbons (Fsp3) is 1.00. The lowest BCUT2D eigenvalue weighted by Gasteiger charge is -2.24. The fourth-order valence-corrected chi connectivity index (χ4v) is 3.40. The molecule has 20 heavy (non-hydrogen) atoms. The Balaban J connectivity index is 2.47. The fourth-order valence-electron chi connectivity index (χ4n) is 2.00. The molecule has 0 bridgehead atoms. The predicted molar refractivity (Wildman–Crippen MR) is 85.3 cm³/mol. The zero-order valence-corrected chi connectivity index (χ0v) is 14.4. The molecule has 0 aromatic carbocycles. The summed E-state index contributed by atoms with van der Waals surface area (Å²) in [6, 6.07) is 0.574. The molecule has 0 aliphatic heterocycles. The van der Waals surface area contributed by atoms with E-state index in [1.54, 1.807) is 4.31 Å². The lowest BCUT2D eigenvalue weighted by molar-refractivity contribution is 0.356. The third-order valence-electron chi connectivity index (χ3n) is 3.68. The van der Waals surface area contributed by atoms with E-state index in [0.29, 0.717) is 37.5 Å². The summed E-state index contributed by atoms with van der Waals surface area (Å²) in [6.45, 7) is 10.5.